The van der Waals surface area contributed by atoms with Crippen molar-refractivity contribution < 1.29 is 72.2 Å². The molecule has 7 rings (SSSR count). The smallest absolute Gasteiger partial charge is 0.338 e. The summed E-state index contributed by atoms with van der Waals surface area (Å²) in [5.41, 5.74) is -7.22. The van der Waals surface area contributed by atoms with Crippen molar-refractivity contribution in [3.8, 4) is 0 Å². The first kappa shape index (κ1) is 46.8. The second-order valence-electron chi connectivity index (χ2n) is 17.9. The molecular formula is C49H53NO15. The van der Waals surface area contributed by atoms with E-state index < -0.39 is 119 Å². The van der Waals surface area contributed by atoms with Gasteiger partial charge in [0.25, 0.3) is 5.91 Å². The topological polar surface area (TPSA) is 227 Å². The maximum absolute atomic E-state index is 15.8. The van der Waals surface area contributed by atoms with Crippen LogP contribution in [0.1, 0.15) is 93.6 Å². The molecule has 1 saturated heterocycles. The third kappa shape index (κ3) is 8.12. The van der Waals surface area contributed by atoms with Crippen molar-refractivity contribution in [2.24, 2.45) is 16.7 Å². The highest BCUT2D eigenvalue weighted by Crippen LogP contribution is 2.65. The first-order chi connectivity index (χ1) is 30.7. The molecule has 16 nitrogen and oxygen atoms in total. The van der Waals surface area contributed by atoms with Gasteiger partial charge in [-0.15, -0.1) is 0 Å². The van der Waals surface area contributed by atoms with Crippen molar-refractivity contribution in [2.75, 3.05) is 6.61 Å². The van der Waals surface area contributed by atoms with Crippen LogP contribution in [0.2, 0.25) is 0 Å². The summed E-state index contributed by atoms with van der Waals surface area (Å²) in [7, 11) is 0. The van der Waals surface area contributed by atoms with Gasteiger partial charge < -0.3 is 44.0 Å². The summed E-state index contributed by atoms with van der Waals surface area (Å²) in [6.07, 6.45) is -10.5. The number of hydrogen-bond acceptors (Lipinski definition) is 15. The molecule has 3 fully saturated rings. The van der Waals surface area contributed by atoms with Gasteiger partial charge in [-0.05, 0) is 54.8 Å². The molecule has 0 spiro atoms. The number of aliphatic hydroxyl groups excluding tert-OH is 1. The van der Waals surface area contributed by atoms with E-state index in [0.717, 1.165) is 20.8 Å². The van der Waals surface area contributed by atoms with Gasteiger partial charge in [-0.2, -0.15) is 0 Å². The Kier molecular flexibility index (Phi) is 12.7. The van der Waals surface area contributed by atoms with Crippen molar-refractivity contribution in [1.82, 2.24) is 5.32 Å². The van der Waals surface area contributed by atoms with Crippen LogP contribution in [-0.4, -0.2) is 106 Å². The molecule has 3 aromatic carbocycles. The molecule has 1 amide bonds. The minimum atomic E-state index is -2.43. The number of ether oxygens (including phenoxy) is 6. The van der Waals surface area contributed by atoms with Crippen LogP contribution in [0.3, 0.4) is 0 Å². The molecule has 0 radical (unpaired) electrons. The van der Waals surface area contributed by atoms with Crippen LogP contribution < -0.4 is 5.32 Å². The molecule has 2 saturated carbocycles. The molecule has 4 aliphatic rings. The maximum atomic E-state index is 15.8. The van der Waals surface area contributed by atoms with E-state index in [0.29, 0.717) is 5.56 Å². The van der Waals surface area contributed by atoms with E-state index in [9.17, 15) is 39.0 Å². The quantitative estimate of drug-likeness (QED) is 0.139. The first-order valence-corrected chi connectivity index (χ1v) is 21.4. The average molecular weight is 896 g/mol. The van der Waals surface area contributed by atoms with E-state index >= 15 is 4.79 Å². The Morgan fingerprint density at radius 3 is 1.88 bits per heavy atom. The highest BCUT2D eigenvalue weighted by Gasteiger charge is 2.79. The Balaban J connectivity index is 1.42. The standard InChI is InChI=1S/C49H53NO15/c1-26-33(63-45(58)38(54)37(30-17-11-8-12-18-30)50-43(56)31-19-13-9-14-20-31)24-49(59)42(64-44(57)32-21-15-10-16-22-32)40-47(7,41(55)39(62-28(3)52)36(26)46(49,5)6)34(61-27(2)51)23-35-48(40,25-60-35)65-29(4)53/h8-22,33-35,37-40,42,54,59H,23-25H2,1-7H3,(H,50,56)/t33-,34-,35+,37-,38+,39+,40?,42-,47+,48-,49+/m0/s1. The molecule has 2 bridgehead atoms. The normalized spacial score (nSPS) is 30.8. The molecule has 1 aliphatic heterocycles. The number of carbonyl (C=O) groups is 7. The zero-order valence-corrected chi connectivity index (χ0v) is 37.1. The lowest BCUT2D eigenvalue weighted by atomic mass is 9.44. The predicted molar refractivity (Wildman–Crippen MR) is 227 cm³/mol. The molecule has 65 heavy (non-hydrogen) atoms. The molecular weight excluding hydrogens is 843 g/mol. The lowest BCUT2D eigenvalue weighted by Gasteiger charge is -2.67. The number of aliphatic hydroxyl groups is 2. The fourth-order valence-corrected chi connectivity index (χ4v) is 10.5. The van der Waals surface area contributed by atoms with Gasteiger partial charge in [0.2, 0.25) is 0 Å². The minimum absolute atomic E-state index is 0.0220. The SMILES string of the molecule is CC(=O)O[C@H]1C(=O)[C@@]2(C)C([C@H](OC(=O)c3ccccc3)[C@]3(O)C[C@H](OC(=O)[C@H](O)[C@@H](NC(=O)c4ccccc4)c4ccccc4)C(C)=C1C3(C)C)[C@]1(OC(C)=O)CO[C@@H]1C[C@@H]2OC(C)=O. The van der Waals surface area contributed by atoms with Gasteiger partial charge in [0.15, 0.2) is 23.6 Å². The fraction of sp³-hybridized carbons (Fsp3) is 0.449. The van der Waals surface area contributed by atoms with Crippen LogP contribution in [-0.2, 0) is 52.4 Å². The van der Waals surface area contributed by atoms with Crippen molar-refractivity contribution in [3.05, 3.63) is 119 Å². The van der Waals surface area contributed by atoms with Gasteiger partial charge in [-0.3, -0.25) is 24.0 Å². The highest BCUT2D eigenvalue weighted by molar-refractivity contribution is 5.96. The summed E-state index contributed by atoms with van der Waals surface area (Å²) in [6, 6.07) is 22.8. The number of fused-ring (bicyclic) bond motifs is 5. The summed E-state index contributed by atoms with van der Waals surface area (Å²) in [4.78, 5) is 97.3. The summed E-state index contributed by atoms with van der Waals surface area (Å²) < 4.78 is 36.5. The monoisotopic (exact) mass is 895 g/mol. The molecule has 1 heterocycles. The van der Waals surface area contributed by atoms with Gasteiger partial charge in [-0.1, -0.05) is 80.6 Å². The molecule has 11 atom stereocenters. The first-order valence-electron chi connectivity index (χ1n) is 21.4. The van der Waals surface area contributed by atoms with Crippen molar-refractivity contribution >= 4 is 41.5 Å². The molecule has 3 aromatic rings. The molecule has 0 aromatic heterocycles. The summed E-state index contributed by atoms with van der Waals surface area (Å²) in [5.74, 6) is -7.75. The van der Waals surface area contributed by atoms with Gasteiger partial charge in [0, 0.05) is 44.6 Å². The van der Waals surface area contributed by atoms with Gasteiger partial charge >= 0.3 is 29.8 Å². The van der Waals surface area contributed by atoms with Crippen LogP contribution in [0.15, 0.2) is 102 Å². The van der Waals surface area contributed by atoms with Crippen molar-refractivity contribution in [1.29, 1.82) is 0 Å². The van der Waals surface area contributed by atoms with E-state index in [2.05, 4.69) is 5.32 Å². The van der Waals surface area contributed by atoms with E-state index in [-0.39, 0.29) is 35.3 Å². The number of hydrogen-bond donors (Lipinski definition) is 3. The number of esters is 5. The van der Waals surface area contributed by atoms with E-state index in [4.69, 9.17) is 28.4 Å². The van der Waals surface area contributed by atoms with Gasteiger partial charge in [-0.25, -0.2) is 9.59 Å². The molecule has 344 valence electrons. The highest BCUT2D eigenvalue weighted by atomic mass is 16.6. The Morgan fingerprint density at radius 1 is 0.769 bits per heavy atom. The van der Waals surface area contributed by atoms with Gasteiger partial charge in [0.05, 0.1) is 29.5 Å². The largest absolute Gasteiger partial charge is 0.461 e. The Morgan fingerprint density at radius 2 is 1.34 bits per heavy atom. The second kappa shape index (κ2) is 17.6. The molecule has 3 N–H and O–H groups in total. The number of nitrogens with one attached hydrogen (secondary N) is 1. The summed E-state index contributed by atoms with van der Waals surface area (Å²) >= 11 is 0. The number of Topliss-reactive ketones (excluding diaryl/α,β-unsaturated/α-hetero) is 1. The number of amides is 1. The lowest BCUT2D eigenvalue weighted by Crippen LogP contribution is -2.82. The number of ketones is 1. The molecule has 16 heteroatoms. The van der Waals surface area contributed by atoms with E-state index in [1.54, 1.807) is 92.7 Å². The van der Waals surface area contributed by atoms with Crippen LogP contribution in [0.25, 0.3) is 0 Å². The van der Waals surface area contributed by atoms with Crippen LogP contribution in [0, 0.1) is 16.7 Å². The Hall–Kier alpha value is -6.23. The summed E-state index contributed by atoms with van der Waals surface area (Å²) in [6.45, 7) is 9.08. The third-order valence-corrected chi connectivity index (χ3v) is 13.8. The molecule has 3 aliphatic carbocycles. The second-order valence-corrected chi connectivity index (χ2v) is 17.9. The van der Waals surface area contributed by atoms with Crippen LogP contribution in [0.5, 0.6) is 0 Å². The molecule has 1 unspecified atom stereocenters. The van der Waals surface area contributed by atoms with Crippen LogP contribution in [0.4, 0.5) is 0 Å². The predicted octanol–water partition coefficient (Wildman–Crippen LogP) is 4.31. The lowest BCUT2D eigenvalue weighted by molar-refractivity contribution is -0.346. The fourth-order valence-electron chi connectivity index (χ4n) is 10.5. The average Bonchev–Trinajstić information content (AvgIpc) is 3.26. The zero-order chi connectivity index (χ0) is 47.2. The number of carbonyl (C=O) groups excluding carboxylic acids is 7. The third-order valence-electron chi connectivity index (χ3n) is 13.8. The minimum Gasteiger partial charge on any atom is -0.461 e. The van der Waals surface area contributed by atoms with Gasteiger partial charge in [0.1, 0.15) is 30.0 Å². The Bertz CT molecular complexity index is 2400. The Labute approximate surface area is 375 Å². The van der Waals surface area contributed by atoms with Crippen molar-refractivity contribution in [3.63, 3.8) is 0 Å². The maximum Gasteiger partial charge on any atom is 0.338 e. The van der Waals surface area contributed by atoms with Crippen LogP contribution >= 0.6 is 0 Å². The van der Waals surface area contributed by atoms with E-state index in [1.165, 1.54) is 26.0 Å². The van der Waals surface area contributed by atoms with E-state index in [1.807, 2.05) is 0 Å². The summed E-state index contributed by atoms with van der Waals surface area (Å²) in [5, 5.41) is 28.4. The van der Waals surface area contributed by atoms with Crippen molar-refractivity contribution in [2.45, 2.75) is 115 Å². The number of rotatable bonds is 11. The zero-order valence-electron chi connectivity index (χ0n) is 37.1. The number of benzene rings is 3.